The number of nitrogens with zero attached hydrogens (tertiary/aromatic N) is 1. The molecule has 0 radical (unpaired) electrons. The average Bonchev–Trinajstić information content (AvgIpc) is 3.27. The first kappa shape index (κ1) is 32.4. The summed E-state index contributed by atoms with van der Waals surface area (Å²) < 4.78 is 0. The number of anilines is 3. The zero-order valence-electron chi connectivity index (χ0n) is 30.3. The van der Waals surface area contributed by atoms with Gasteiger partial charge in [0.05, 0.1) is 5.69 Å². The van der Waals surface area contributed by atoms with E-state index >= 15 is 0 Å². The fraction of sp³-hybridized carbons (Fsp3) is 0. The van der Waals surface area contributed by atoms with Gasteiger partial charge in [-0.3, -0.25) is 0 Å². The summed E-state index contributed by atoms with van der Waals surface area (Å²) in [5.41, 5.74) is 12.9. The van der Waals surface area contributed by atoms with Crippen LogP contribution in [-0.2, 0) is 0 Å². The Labute approximate surface area is 322 Å². The van der Waals surface area contributed by atoms with E-state index in [-0.39, 0.29) is 0 Å². The molecule has 0 unspecified atom stereocenters. The number of fused-ring (bicyclic) bond motifs is 4. The molecule has 0 fully saturated rings. The Kier molecular flexibility index (Phi) is 8.24. The highest BCUT2D eigenvalue weighted by molar-refractivity contribution is 6.14. The van der Waals surface area contributed by atoms with Crippen LogP contribution in [0, 0.1) is 0 Å². The summed E-state index contributed by atoms with van der Waals surface area (Å²) in [5, 5.41) is 7.42. The summed E-state index contributed by atoms with van der Waals surface area (Å²) in [6.45, 7) is 0. The van der Waals surface area contributed by atoms with Crippen molar-refractivity contribution in [3.8, 4) is 44.5 Å². The van der Waals surface area contributed by atoms with Crippen molar-refractivity contribution in [1.29, 1.82) is 0 Å². The van der Waals surface area contributed by atoms with Crippen LogP contribution in [0.25, 0.3) is 76.8 Å². The summed E-state index contributed by atoms with van der Waals surface area (Å²) >= 11 is 0. The van der Waals surface area contributed by atoms with Crippen molar-refractivity contribution in [1.82, 2.24) is 0 Å². The third-order valence-electron chi connectivity index (χ3n) is 10.8. The maximum atomic E-state index is 2.44. The number of hydrogen-bond donors (Lipinski definition) is 0. The first-order valence-corrected chi connectivity index (χ1v) is 18.9. The Hall–Kier alpha value is -7.22. The Balaban J connectivity index is 1.20. The van der Waals surface area contributed by atoms with E-state index < -0.39 is 0 Å². The van der Waals surface area contributed by atoms with Gasteiger partial charge in [0.2, 0.25) is 0 Å². The van der Waals surface area contributed by atoms with E-state index in [1.54, 1.807) is 0 Å². The van der Waals surface area contributed by atoms with E-state index in [2.05, 4.69) is 229 Å². The predicted octanol–water partition coefficient (Wildman–Crippen LogP) is 15.3. The molecule has 0 atom stereocenters. The zero-order valence-corrected chi connectivity index (χ0v) is 30.3. The highest BCUT2D eigenvalue weighted by atomic mass is 15.1. The molecular formula is C54H37N. The maximum absolute atomic E-state index is 2.44. The summed E-state index contributed by atoms with van der Waals surface area (Å²) in [6, 6.07) is 81.5. The lowest BCUT2D eigenvalue weighted by Crippen LogP contribution is -2.11. The van der Waals surface area contributed by atoms with Crippen molar-refractivity contribution < 1.29 is 0 Å². The van der Waals surface area contributed by atoms with Gasteiger partial charge in [0.15, 0.2) is 0 Å². The lowest BCUT2D eigenvalue weighted by Gasteiger charge is -2.29. The van der Waals surface area contributed by atoms with Gasteiger partial charge in [-0.05, 0) is 108 Å². The van der Waals surface area contributed by atoms with Gasteiger partial charge < -0.3 is 4.90 Å². The van der Waals surface area contributed by atoms with Gasteiger partial charge in [0.25, 0.3) is 0 Å². The Morgan fingerprint density at radius 2 is 0.764 bits per heavy atom. The molecule has 10 aromatic carbocycles. The monoisotopic (exact) mass is 699 g/mol. The molecule has 0 aliphatic carbocycles. The topological polar surface area (TPSA) is 3.24 Å². The largest absolute Gasteiger partial charge is 0.310 e. The highest BCUT2D eigenvalue weighted by Gasteiger charge is 2.21. The standard InChI is InChI=1S/C54H37N/c1-3-16-40(17-4-1)47-22-11-12-24-49(47)51-34-33-46(37-53(51)41-18-5-2-6-19-41)55(54-36-44-21-9-10-23-48(44)50-25-13-14-26-52(50)54)45-31-29-39(30-32-45)43-28-27-38-15-7-8-20-42(38)35-43/h1-37H. The summed E-state index contributed by atoms with van der Waals surface area (Å²) in [7, 11) is 0. The number of hydrogen-bond acceptors (Lipinski definition) is 1. The van der Waals surface area contributed by atoms with E-state index in [4.69, 9.17) is 0 Å². The van der Waals surface area contributed by atoms with Gasteiger partial charge in [-0.1, -0.05) is 188 Å². The van der Waals surface area contributed by atoms with Crippen molar-refractivity contribution in [3.63, 3.8) is 0 Å². The van der Waals surface area contributed by atoms with Crippen LogP contribution in [0.15, 0.2) is 224 Å². The second kappa shape index (κ2) is 14.0. The normalized spacial score (nSPS) is 11.3. The van der Waals surface area contributed by atoms with Gasteiger partial charge >= 0.3 is 0 Å². The molecular weight excluding hydrogens is 663 g/mol. The van der Waals surface area contributed by atoms with Crippen LogP contribution in [0.2, 0.25) is 0 Å². The molecule has 0 aliphatic heterocycles. The van der Waals surface area contributed by atoms with Gasteiger partial charge in [0.1, 0.15) is 0 Å². The maximum Gasteiger partial charge on any atom is 0.0546 e. The second-order valence-electron chi connectivity index (χ2n) is 14.1. The van der Waals surface area contributed by atoms with E-state index in [9.17, 15) is 0 Å². The molecule has 0 bridgehead atoms. The molecule has 0 aromatic heterocycles. The van der Waals surface area contributed by atoms with Crippen LogP contribution >= 0.6 is 0 Å². The molecule has 0 amide bonds. The van der Waals surface area contributed by atoms with E-state index in [1.807, 2.05) is 0 Å². The third kappa shape index (κ3) is 6.02. The molecule has 0 N–H and O–H groups in total. The first-order valence-electron chi connectivity index (χ1n) is 18.9. The molecule has 1 heteroatoms. The van der Waals surface area contributed by atoms with Crippen molar-refractivity contribution in [3.05, 3.63) is 224 Å². The van der Waals surface area contributed by atoms with Crippen molar-refractivity contribution >= 4 is 49.4 Å². The van der Waals surface area contributed by atoms with E-state index in [0.717, 1.165) is 17.1 Å². The average molecular weight is 700 g/mol. The fourth-order valence-corrected chi connectivity index (χ4v) is 8.17. The number of benzene rings is 10. The van der Waals surface area contributed by atoms with E-state index in [1.165, 1.54) is 76.8 Å². The molecule has 0 heterocycles. The molecule has 55 heavy (non-hydrogen) atoms. The fourth-order valence-electron chi connectivity index (χ4n) is 8.17. The molecule has 0 spiro atoms. The predicted molar refractivity (Wildman–Crippen MR) is 235 cm³/mol. The highest BCUT2D eigenvalue weighted by Crippen LogP contribution is 2.46. The minimum absolute atomic E-state index is 1.10. The van der Waals surface area contributed by atoms with Gasteiger partial charge in [0, 0.05) is 16.8 Å². The molecule has 0 saturated carbocycles. The molecule has 10 rings (SSSR count). The lowest BCUT2D eigenvalue weighted by atomic mass is 9.89. The SMILES string of the molecule is c1ccc(-c2ccccc2-c2ccc(N(c3ccc(-c4ccc5ccccc5c4)cc3)c3cc4ccccc4c4ccccc34)cc2-c2ccccc2)cc1. The minimum atomic E-state index is 1.10. The Morgan fingerprint density at radius 3 is 1.51 bits per heavy atom. The molecule has 0 saturated heterocycles. The van der Waals surface area contributed by atoms with Gasteiger partial charge in [-0.15, -0.1) is 0 Å². The number of rotatable bonds is 7. The Morgan fingerprint density at radius 1 is 0.236 bits per heavy atom. The molecule has 0 aliphatic rings. The van der Waals surface area contributed by atoms with E-state index in [0.29, 0.717) is 0 Å². The summed E-state index contributed by atoms with van der Waals surface area (Å²) in [5.74, 6) is 0. The second-order valence-corrected chi connectivity index (χ2v) is 14.1. The molecule has 10 aromatic rings. The van der Waals surface area contributed by atoms with Crippen LogP contribution in [0.5, 0.6) is 0 Å². The summed E-state index contributed by atoms with van der Waals surface area (Å²) in [4.78, 5) is 2.44. The van der Waals surface area contributed by atoms with Crippen LogP contribution in [-0.4, -0.2) is 0 Å². The summed E-state index contributed by atoms with van der Waals surface area (Å²) in [6.07, 6.45) is 0. The minimum Gasteiger partial charge on any atom is -0.310 e. The quantitative estimate of drug-likeness (QED) is 0.150. The molecule has 1 nitrogen and oxygen atoms in total. The van der Waals surface area contributed by atoms with Crippen molar-refractivity contribution in [2.45, 2.75) is 0 Å². The van der Waals surface area contributed by atoms with Gasteiger partial charge in [-0.2, -0.15) is 0 Å². The third-order valence-corrected chi connectivity index (χ3v) is 10.8. The van der Waals surface area contributed by atoms with Crippen LogP contribution in [0.3, 0.4) is 0 Å². The van der Waals surface area contributed by atoms with Crippen LogP contribution in [0.4, 0.5) is 17.1 Å². The van der Waals surface area contributed by atoms with Crippen molar-refractivity contribution in [2.75, 3.05) is 4.90 Å². The molecule has 258 valence electrons. The zero-order chi connectivity index (χ0) is 36.6. The Bertz CT molecular complexity index is 2960. The van der Waals surface area contributed by atoms with Crippen LogP contribution in [0.1, 0.15) is 0 Å². The lowest BCUT2D eigenvalue weighted by molar-refractivity contribution is 1.30. The van der Waals surface area contributed by atoms with Crippen LogP contribution < -0.4 is 4.90 Å². The first-order chi connectivity index (χ1) is 27.3. The van der Waals surface area contributed by atoms with Gasteiger partial charge in [-0.25, -0.2) is 0 Å². The smallest absolute Gasteiger partial charge is 0.0546 e. The van der Waals surface area contributed by atoms with Crippen molar-refractivity contribution in [2.24, 2.45) is 0 Å².